The van der Waals surface area contributed by atoms with Crippen molar-refractivity contribution in [3.05, 3.63) is 29.3 Å². The Morgan fingerprint density at radius 1 is 1.24 bits per heavy atom. The van der Waals surface area contributed by atoms with E-state index in [1.54, 1.807) is 4.90 Å². The molecule has 9 heteroatoms. The normalized spacial score (nSPS) is 20.6. The Hall–Kier alpha value is -2.26. The lowest BCUT2D eigenvalue weighted by atomic mass is 10.0. The summed E-state index contributed by atoms with van der Waals surface area (Å²) in [5.41, 5.74) is 2.95. The summed E-state index contributed by atoms with van der Waals surface area (Å²) in [5, 5.41) is 5.76. The summed E-state index contributed by atoms with van der Waals surface area (Å²) >= 11 is 0. The van der Waals surface area contributed by atoms with Gasteiger partial charge >= 0.3 is 0 Å². The van der Waals surface area contributed by atoms with Crippen LogP contribution in [-0.2, 0) is 19.6 Å². The molecule has 1 aromatic rings. The third-order valence-electron chi connectivity index (χ3n) is 5.34. The molecule has 1 unspecified atom stereocenters. The van der Waals surface area contributed by atoms with Gasteiger partial charge in [0, 0.05) is 32.0 Å². The van der Waals surface area contributed by atoms with Crippen LogP contribution in [0.25, 0.3) is 0 Å². The van der Waals surface area contributed by atoms with Gasteiger partial charge in [-0.3, -0.25) is 9.59 Å². The smallest absolute Gasteiger partial charge is 0.270 e. The van der Waals surface area contributed by atoms with E-state index in [-0.39, 0.29) is 30.8 Å². The van der Waals surface area contributed by atoms with E-state index in [4.69, 9.17) is 0 Å². The lowest BCUT2D eigenvalue weighted by Gasteiger charge is -2.36. The number of hydrogen-bond acceptors (Lipinski definition) is 5. The summed E-state index contributed by atoms with van der Waals surface area (Å²) in [6.45, 7) is 4.61. The van der Waals surface area contributed by atoms with Crippen molar-refractivity contribution in [3.8, 4) is 0 Å². The Morgan fingerprint density at radius 2 is 2.00 bits per heavy atom. The van der Waals surface area contributed by atoms with Crippen molar-refractivity contribution < 1.29 is 18.0 Å². The highest BCUT2D eigenvalue weighted by molar-refractivity contribution is 7.88. The van der Waals surface area contributed by atoms with Crippen LogP contribution in [0.5, 0.6) is 0 Å². The third kappa shape index (κ3) is 5.22. The predicted molar refractivity (Wildman–Crippen MR) is 112 cm³/mol. The van der Waals surface area contributed by atoms with Crippen molar-refractivity contribution >= 4 is 33.2 Å². The lowest BCUT2D eigenvalue weighted by Crippen LogP contribution is -2.52. The third-order valence-corrected chi connectivity index (χ3v) is 6.03. The fraction of sp³-hybridized carbons (Fsp3) is 0.550. The zero-order valence-corrected chi connectivity index (χ0v) is 18.0. The van der Waals surface area contributed by atoms with Gasteiger partial charge in [-0.05, 0) is 50.3 Å². The topological polar surface area (TPSA) is 99.2 Å². The van der Waals surface area contributed by atoms with E-state index >= 15 is 0 Å². The Labute approximate surface area is 172 Å². The highest BCUT2D eigenvalue weighted by Gasteiger charge is 2.33. The number of piperidine rings is 1. The molecule has 29 heavy (non-hydrogen) atoms. The summed E-state index contributed by atoms with van der Waals surface area (Å²) in [5.74, 6) is -0.350. The van der Waals surface area contributed by atoms with Gasteiger partial charge in [0.2, 0.25) is 15.9 Å². The molecule has 8 nitrogen and oxygen atoms in total. The minimum absolute atomic E-state index is 0.135. The monoisotopic (exact) mass is 420 g/mol. The number of nitrogens with zero attached hydrogens (tertiary/aromatic N) is 3. The Balaban J connectivity index is 1.84. The van der Waals surface area contributed by atoms with Crippen LogP contribution in [0.2, 0.25) is 0 Å². The van der Waals surface area contributed by atoms with Crippen molar-refractivity contribution in [3.63, 3.8) is 0 Å². The van der Waals surface area contributed by atoms with E-state index in [0.717, 1.165) is 36.6 Å². The molecule has 2 aliphatic heterocycles. The molecule has 0 saturated carbocycles. The van der Waals surface area contributed by atoms with Crippen molar-refractivity contribution in [1.29, 1.82) is 0 Å². The van der Waals surface area contributed by atoms with E-state index < -0.39 is 10.0 Å². The van der Waals surface area contributed by atoms with E-state index in [0.29, 0.717) is 24.4 Å². The fourth-order valence-corrected chi connectivity index (χ4v) is 4.23. The van der Waals surface area contributed by atoms with Gasteiger partial charge in [0.25, 0.3) is 5.91 Å². The average Bonchev–Trinajstić information content (AvgIpc) is 2.68. The number of amides is 2. The second kappa shape index (κ2) is 8.62. The van der Waals surface area contributed by atoms with Crippen LogP contribution >= 0.6 is 0 Å². The number of benzene rings is 1. The van der Waals surface area contributed by atoms with Crippen LogP contribution in [-0.4, -0.2) is 56.2 Å². The molecule has 0 aromatic heterocycles. The predicted octanol–water partition coefficient (Wildman–Crippen LogP) is 1.72. The average molecular weight is 421 g/mol. The van der Waals surface area contributed by atoms with Gasteiger partial charge in [-0.1, -0.05) is 12.1 Å². The number of rotatable bonds is 5. The van der Waals surface area contributed by atoms with E-state index in [9.17, 15) is 18.0 Å². The summed E-state index contributed by atoms with van der Waals surface area (Å²) in [6.07, 6.45) is 4.18. The van der Waals surface area contributed by atoms with Gasteiger partial charge in [0.1, 0.15) is 5.71 Å². The molecule has 1 atom stereocenters. The van der Waals surface area contributed by atoms with Crippen molar-refractivity contribution in [2.24, 2.45) is 5.10 Å². The standard InChI is InChI=1S/C20H28N4O4S/c1-14-7-8-15(2)18(12-14)24-19(25)10-9-17(22-24)20(26)23-11-5-4-6-16(23)13-21-29(3,27)28/h7-8,12,16,21H,4-6,9-11,13H2,1-3H3. The number of aryl methyl sites for hydroxylation is 2. The van der Waals surface area contributed by atoms with Crippen LogP contribution in [0.3, 0.4) is 0 Å². The first-order valence-electron chi connectivity index (χ1n) is 9.89. The molecule has 2 heterocycles. The van der Waals surface area contributed by atoms with Crippen molar-refractivity contribution in [2.45, 2.75) is 52.0 Å². The van der Waals surface area contributed by atoms with Gasteiger partial charge < -0.3 is 4.90 Å². The molecule has 2 amide bonds. The largest absolute Gasteiger partial charge is 0.333 e. The quantitative estimate of drug-likeness (QED) is 0.784. The maximum atomic E-state index is 13.2. The second-order valence-electron chi connectivity index (χ2n) is 7.81. The summed E-state index contributed by atoms with van der Waals surface area (Å²) in [6, 6.07) is 5.58. The number of hydrogen-bond donors (Lipinski definition) is 1. The number of sulfonamides is 1. The Bertz CT molecular complexity index is 942. The molecule has 1 aromatic carbocycles. The first kappa shape index (κ1) is 21.4. The molecule has 0 spiro atoms. The number of nitrogens with one attached hydrogen (secondary N) is 1. The Morgan fingerprint density at radius 3 is 2.72 bits per heavy atom. The maximum absolute atomic E-state index is 13.2. The first-order valence-corrected chi connectivity index (χ1v) is 11.8. The molecule has 0 bridgehead atoms. The highest BCUT2D eigenvalue weighted by Crippen LogP contribution is 2.26. The molecule has 1 saturated heterocycles. The Kier molecular flexibility index (Phi) is 6.38. The van der Waals surface area contributed by atoms with Crippen LogP contribution < -0.4 is 9.73 Å². The zero-order valence-electron chi connectivity index (χ0n) is 17.1. The number of likely N-dealkylation sites (tertiary alicyclic amines) is 1. The van der Waals surface area contributed by atoms with Crippen molar-refractivity contribution in [2.75, 3.05) is 24.4 Å². The molecule has 1 N–H and O–H groups in total. The van der Waals surface area contributed by atoms with Crippen LogP contribution in [0, 0.1) is 13.8 Å². The molecule has 1 fully saturated rings. The summed E-state index contributed by atoms with van der Waals surface area (Å²) in [4.78, 5) is 27.4. The maximum Gasteiger partial charge on any atom is 0.270 e. The van der Waals surface area contributed by atoms with Crippen LogP contribution in [0.1, 0.15) is 43.2 Å². The lowest BCUT2D eigenvalue weighted by molar-refractivity contribution is -0.127. The van der Waals surface area contributed by atoms with Crippen LogP contribution in [0.4, 0.5) is 5.69 Å². The van der Waals surface area contributed by atoms with Gasteiger partial charge in [-0.25, -0.2) is 18.1 Å². The molecule has 0 aliphatic carbocycles. The van der Waals surface area contributed by atoms with Crippen LogP contribution in [0.15, 0.2) is 23.3 Å². The molecular formula is C20H28N4O4S. The minimum atomic E-state index is -3.33. The molecule has 158 valence electrons. The van der Waals surface area contributed by atoms with Gasteiger partial charge in [0.15, 0.2) is 0 Å². The SMILES string of the molecule is Cc1ccc(C)c(N2N=C(C(=O)N3CCCCC3CNS(C)(=O)=O)CCC2=O)c1. The zero-order chi connectivity index (χ0) is 21.2. The molecule has 0 radical (unpaired) electrons. The van der Waals surface area contributed by atoms with E-state index in [1.807, 2.05) is 32.0 Å². The minimum Gasteiger partial charge on any atom is -0.333 e. The fourth-order valence-electron chi connectivity index (χ4n) is 3.74. The van der Waals surface area contributed by atoms with Gasteiger partial charge in [-0.2, -0.15) is 5.10 Å². The first-order chi connectivity index (χ1) is 13.7. The van der Waals surface area contributed by atoms with Gasteiger partial charge in [-0.15, -0.1) is 0 Å². The number of carbonyl (C=O) groups is 2. The molecular weight excluding hydrogens is 392 g/mol. The van der Waals surface area contributed by atoms with Gasteiger partial charge in [0.05, 0.1) is 11.9 Å². The number of hydrazone groups is 1. The second-order valence-corrected chi connectivity index (χ2v) is 9.64. The summed E-state index contributed by atoms with van der Waals surface area (Å²) < 4.78 is 25.4. The molecule has 3 rings (SSSR count). The number of carbonyl (C=O) groups excluding carboxylic acids is 2. The molecule has 2 aliphatic rings. The van der Waals surface area contributed by atoms with E-state index in [1.165, 1.54) is 5.01 Å². The summed E-state index contributed by atoms with van der Waals surface area (Å²) in [7, 11) is -3.33. The van der Waals surface area contributed by atoms with E-state index in [2.05, 4.69) is 9.82 Å². The van der Waals surface area contributed by atoms with Crippen molar-refractivity contribution in [1.82, 2.24) is 9.62 Å². The number of anilines is 1. The highest BCUT2D eigenvalue weighted by atomic mass is 32.2.